The molecule has 5 nitrogen and oxygen atoms in total. The van der Waals surface area contributed by atoms with Gasteiger partial charge in [-0.25, -0.2) is 0 Å². The normalized spacial score (nSPS) is 10.9. The molecule has 0 fully saturated rings. The van der Waals surface area contributed by atoms with Crippen LogP contribution in [0, 0.1) is 11.3 Å². The Morgan fingerprint density at radius 2 is 1.77 bits per heavy atom. The Kier molecular flexibility index (Phi) is 5.45. The van der Waals surface area contributed by atoms with E-state index in [1.807, 2.05) is 54.6 Å². The standard InChI is InChI=1S/C21H20N4O/c1-2-25(15-5-14-22)18-11-9-17(10-12-18)23-24-21-19-7-4-3-6-16(19)8-13-20(21)26/h3-4,6-13,26H,2,5,15H2,1H3. The average molecular weight is 344 g/mol. The first-order chi connectivity index (χ1) is 12.7. The quantitative estimate of drug-likeness (QED) is 0.583. The van der Waals surface area contributed by atoms with E-state index in [0.717, 1.165) is 23.0 Å². The lowest BCUT2D eigenvalue weighted by atomic mass is 10.1. The van der Waals surface area contributed by atoms with Gasteiger partial charge in [-0.1, -0.05) is 30.3 Å². The van der Waals surface area contributed by atoms with Gasteiger partial charge in [-0.15, -0.1) is 5.11 Å². The first-order valence-corrected chi connectivity index (χ1v) is 8.57. The van der Waals surface area contributed by atoms with Gasteiger partial charge in [0, 0.05) is 24.2 Å². The van der Waals surface area contributed by atoms with Crippen molar-refractivity contribution in [2.75, 3.05) is 18.0 Å². The summed E-state index contributed by atoms with van der Waals surface area (Å²) in [7, 11) is 0. The van der Waals surface area contributed by atoms with Crippen LogP contribution in [0.2, 0.25) is 0 Å². The third-order valence-corrected chi connectivity index (χ3v) is 4.23. The summed E-state index contributed by atoms with van der Waals surface area (Å²) in [6.07, 6.45) is 0.496. The SMILES string of the molecule is CCN(CCC#N)c1ccc(N=Nc2c(O)ccc3ccccc23)cc1. The van der Waals surface area contributed by atoms with Crippen LogP contribution in [-0.2, 0) is 0 Å². The molecule has 3 aromatic rings. The molecule has 5 heteroatoms. The zero-order valence-electron chi connectivity index (χ0n) is 14.6. The van der Waals surface area contributed by atoms with Crippen LogP contribution in [0.4, 0.5) is 17.1 Å². The number of rotatable bonds is 6. The average Bonchev–Trinajstić information content (AvgIpc) is 2.69. The lowest BCUT2D eigenvalue weighted by molar-refractivity contribution is 0.477. The molecule has 0 amide bonds. The minimum absolute atomic E-state index is 0.109. The Morgan fingerprint density at radius 1 is 1.00 bits per heavy atom. The van der Waals surface area contributed by atoms with Crippen LogP contribution in [-0.4, -0.2) is 18.2 Å². The lowest BCUT2D eigenvalue weighted by Gasteiger charge is -2.21. The molecule has 0 saturated heterocycles. The van der Waals surface area contributed by atoms with Crippen LogP contribution in [0.25, 0.3) is 10.8 Å². The van der Waals surface area contributed by atoms with Crippen LogP contribution in [0.15, 0.2) is 70.9 Å². The second kappa shape index (κ2) is 8.13. The number of phenols is 1. The summed E-state index contributed by atoms with van der Waals surface area (Å²) in [6, 6.07) is 21.1. The molecule has 0 saturated carbocycles. The number of phenolic OH excluding ortho intramolecular Hbond substituents is 1. The van der Waals surface area contributed by atoms with Gasteiger partial charge in [-0.05, 0) is 42.6 Å². The molecule has 3 aromatic carbocycles. The zero-order chi connectivity index (χ0) is 18.4. The fourth-order valence-electron chi connectivity index (χ4n) is 2.84. The number of hydrogen-bond donors (Lipinski definition) is 1. The summed E-state index contributed by atoms with van der Waals surface area (Å²) in [4.78, 5) is 2.14. The molecule has 1 N–H and O–H groups in total. The third-order valence-electron chi connectivity index (χ3n) is 4.23. The van der Waals surface area contributed by atoms with Gasteiger partial charge in [0.1, 0.15) is 11.4 Å². The van der Waals surface area contributed by atoms with E-state index in [-0.39, 0.29) is 5.75 Å². The van der Waals surface area contributed by atoms with E-state index in [1.165, 1.54) is 0 Å². The molecule has 0 spiro atoms. The van der Waals surface area contributed by atoms with Crippen molar-refractivity contribution in [1.29, 1.82) is 5.26 Å². The summed E-state index contributed by atoms with van der Waals surface area (Å²) in [5.74, 6) is 0.109. The monoisotopic (exact) mass is 344 g/mol. The molecule has 0 aliphatic heterocycles. The van der Waals surface area contributed by atoms with Crippen molar-refractivity contribution < 1.29 is 5.11 Å². The first kappa shape index (κ1) is 17.4. The molecule has 3 rings (SSSR count). The summed E-state index contributed by atoms with van der Waals surface area (Å²) in [5, 5.41) is 29.3. The van der Waals surface area contributed by atoms with Gasteiger partial charge < -0.3 is 10.0 Å². The van der Waals surface area contributed by atoms with Crippen LogP contribution in [0.5, 0.6) is 5.75 Å². The second-order valence-corrected chi connectivity index (χ2v) is 5.86. The van der Waals surface area contributed by atoms with Crippen LogP contribution >= 0.6 is 0 Å². The predicted octanol–water partition coefficient (Wildman–Crippen LogP) is 5.70. The molecule has 130 valence electrons. The van der Waals surface area contributed by atoms with E-state index in [9.17, 15) is 5.11 Å². The molecule has 26 heavy (non-hydrogen) atoms. The van der Waals surface area contributed by atoms with Crippen LogP contribution in [0.1, 0.15) is 13.3 Å². The van der Waals surface area contributed by atoms with Crippen molar-refractivity contribution in [3.63, 3.8) is 0 Å². The summed E-state index contributed by atoms with van der Waals surface area (Å²) in [6.45, 7) is 3.61. The molecular weight excluding hydrogens is 324 g/mol. The summed E-state index contributed by atoms with van der Waals surface area (Å²) < 4.78 is 0. The smallest absolute Gasteiger partial charge is 0.143 e. The zero-order valence-corrected chi connectivity index (χ0v) is 14.6. The largest absolute Gasteiger partial charge is 0.506 e. The third kappa shape index (κ3) is 3.81. The Labute approximate surface area is 152 Å². The number of hydrogen-bond acceptors (Lipinski definition) is 5. The van der Waals surface area contributed by atoms with Crippen molar-refractivity contribution in [1.82, 2.24) is 0 Å². The second-order valence-electron chi connectivity index (χ2n) is 5.86. The summed E-state index contributed by atoms with van der Waals surface area (Å²) >= 11 is 0. The van der Waals surface area contributed by atoms with E-state index in [1.54, 1.807) is 6.07 Å². The van der Waals surface area contributed by atoms with Crippen molar-refractivity contribution in [3.05, 3.63) is 60.7 Å². The van der Waals surface area contributed by atoms with Gasteiger partial charge in [0.25, 0.3) is 0 Å². The molecular formula is C21H20N4O. The van der Waals surface area contributed by atoms with E-state index in [2.05, 4.69) is 28.1 Å². The number of nitriles is 1. The van der Waals surface area contributed by atoms with Gasteiger partial charge in [0.05, 0.1) is 18.2 Å². The number of aromatic hydroxyl groups is 1. The Morgan fingerprint density at radius 3 is 2.50 bits per heavy atom. The highest BCUT2D eigenvalue weighted by atomic mass is 16.3. The maximum absolute atomic E-state index is 10.1. The van der Waals surface area contributed by atoms with Gasteiger partial charge in [-0.3, -0.25) is 0 Å². The highest BCUT2D eigenvalue weighted by Crippen LogP contribution is 2.36. The van der Waals surface area contributed by atoms with Crippen LogP contribution < -0.4 is 4.90 Å². The Bertz CT molecular complexity index is 958. The van der Waals surface area contributed by atoms with Crippen molar-refractivity contribution in [3.8, 4) is 11.8 Å². The first-order valence-electron chi connectivity index (χ1n) is 8.57. The van der Waals surface area contributed by atoms with Crippen molar-refractivity contribution in [2.24, 2.45) is 10.2 Å². The molecule has 0 bridgehead atoms. The number of anilines is 1. The lowest BCUT2D eigenvalue weighted by Crippen LogP contribution is -2.23. The maximum Gasteiger partial charge on any atom is 0.143 e. The van der Waals surface area contributed by atoms with Gasteiger partial charge in [-0.2, -0.15) is 10.4 Å². The Balaban J connectivity index is 1.84. The van der Waals surface area contributed by atoms with Gasteiger partial charge in [0.15, 0.2) is 0 Å². The number of benzene rings is 3. The minimum Gasteiger partial charge on any atom is -0.506 e. The van der Waals surface area contributed by atoms with E-state index in [0.29, 0.717) is 24.3 Å². The fraction of sp³-hybridized carbons (Fsp3) is 0.190. The topological polar surface area (TPSA) is 72.0 Å². The number of azo groups is 1. The van der Waals surface area contributed by atoms with Crippen LogP contribution in [0.3, 0.4) is 0 Å². The number of nitrogens with zero attached hydrogens (tertiary/aromatic N) is 4. The van der Waals surface area contributed by atoms with E-state index in [4.69, 9.17) is 5.26 Å². The highest BCUT2D eigenvalue weighted by Gasteiger charge is 2.06. The molecule has 0 atom stereocenters. The molecule has 0 aliphatic rings. The maximum atomic E-state index is 10.1. The molecule has 0 aromatic heterocycles. The summed E-state index contributed by atoms with van der Waals surface area (Å²) in [5.41, 5.74) is 2.23. The molecule has 0 unspecified atom stereocenters. The highest BCUT2D eigenvalue weighted by molar-refractivity contribution is 5.95. The number of fused-ring (bicyclic) bond motifs is 1. The molecule has 0 heterocycles. The fourth-order valence-corrected chi connectivity index (χ4v) is 2.84. The Hall–Kier alpha value is -3.39. The van der Waals surface area contributed by atoms with E-state index < -0.39 is 0 Å². The van der Waals surface area contributed by atoms with E-state index >= 15 is 0 Å². The van der Waals surface area contributed by atoms with Gasteiger partial charge in [0.2, 0.25) is 0 Å². The van der Waals surface area contributed by atoms with Crippen molar-refractivity contribution >= 4 is 27.8 Å². The molecule has 0 aliphatic carbocycles. The van der Waals surface area contributed by atoms with Crippen molar-refractivity contribution in [2.45, 2.75) is 13.3 Å². The molecule has 0 radical (unpaired) electrons. The minimum atomic E-state index is 0.109. The predicted molar refractivity (Wildman–Crippen MR) is 104 cm³/mol. The van der Waals surface area contributed by atoms with Gasteiger partial charge >= 0.3 is 0 Å².